The highest BCUT2D eigenvalue weighted by Crippen LogP contribution is 2.03. The zero-order chi connectivity index (χ0) is 11.2. The zero-order valence-electron chi connectivity index (χ0n) is 9.61. The normalized spacial score (nSPS) is 20.9. The lowest BCUT2D eigenvalue weighted by molar-refractivity contribution is -0.0864. The van der Waals surface area contributed by atoms with Gasteiger partial charge in [-0.05, 0) is 18.6 Å². The van der Waals surface area contributed by atoms with Crippen LogP contribution in [0.15, 0.2) is 18.3 Å². The highest BCUT2D eigenvalue weighted by atomic mass is 16.6. The van der Waals surface area contributed by atoms with Crippen LogP contribution < -0.4 is 5.32 Å². The summed E-state index contributed by atoms with van der Waals surface area (Å²) >= 11 is 0. The van der Waals surface area contributed by atoms with Crippen LogP contribution >= 0.6 is 0 Å². The number of nitrogens with zero attached hydrogens (tertiary/aromatic N) is 1. The molecule has 1 atom stereocenters. The number of ether oxygens (including phenoxy) is 2. The van der Waals surface area contributed by atoms with Crippen molar-refractivity contribution in [3.05, 3.63) is 29.6 Å². The minimum atomic E-state index is 0.178. The van der Waals surface area contributed by atoms with Crippen LogP contribution in [-0.4, -0.2) is 37.5 Å². The first-order valence-corrected chi connectivity index (χ1v) is 5.67. The van der Waals surface area contributed by atoms with E-state index < -0.39 is 0 Å². The first kappa shape index (κ1) is 11.5. The van der Waals surface area contributed by atoms with Gasteiger partial charge in [0, 0.05) is 19.3 Å². The minimum Gasteiger partial charge on any atom is -0.376 e. The van der Waals surface area contributed by atoms with E-state index in [0.29, 0.717) is 13.2 Å². The van der Waals surface area contributed by atoms with Gasteiger partial charge in [-0.15, -0.1) is 0 Å². The minimum absolute atomic E-state index is 0.178. The molecule has 0 aromatic carbocycles. The molecule has 0 radical (unpaired) electrons. The van der Waals surface area contributed by atoms with Crippen LogP contribution in [0.25, 0.3) is 0 Å². The Balaban J connectivity index is 1.73. The predicted octanol–water partition coefficient (Wildman–Crippen LogP) is 0.895. The Morgan fingerprint density at radius 2 is 2.44 bits per heavy atom. The number of rotatable bonds is 4. The smallest absolute Gasteiger partial charge is 0.0933 e. The van der Waals surface area contributed by atoms with Crippen LogP contribution in [0.4, 0.5) is 0 Å². The van der Waals surface area contributed by atoms with E-state index >= 15 is 0 Å². The second kappa shape index (κ2) is 5.94. The Hall–Kier alpha value is -0.970. The van der Waals surface area contributed by atoms with Gasteiger partial charge < -0.3 is 14.8 Å². The van der Waals surface area contributed by atoms with Crippen LogP contribution in [0.3, 0.4) is 0 Å². The Kier molecular flexibility index (Phi) is 4.27. The lowest BCUT2D eigenvalue weighted by Gasteiger charge is -2.23. The molecule has 88 valence electrons. The fourth-order valence-corrected chi connectivity index (χ4v) is 1.71. The van der Waals surface area contributed by atoms with E-state index in [1.165, 1.54) is 5.56 Å². The summed E-state index contributed by atoms with van der Waals surface area (Å²) in [7, 11) is 0. The molecule has 1 unspecified atom stereocenters. The molecule has 2 rings (SSSR count). The van der Waals surface area contributed by atoms with Crippen molar-refractivity contribution in [1.82, 2.24) is 10.3 Å². The van der Waals surface area contributed by atoms with E-state index in [-0.39, 0.29) is 6.10 Å². The highest BCUT2D eigenvalue weighted by Gasteiger charge is 2.13. The van der Waals surface area contributed by atoms with E-state index in [1.807, 2.05) is 12.3 Å². The monoisotopic (exact) mass is 222 g/mol. The number of aromatic nitrogens is 1. The third-order valence-electron chi connectivity index (χ3n) is 2.67. The fraction of sp³-hybridized carbons (Fsp3) is 0.583. The summed E-state index contributed by atoms with van der Waals surface area (Å²) in [5, 5.41) is 3.34. The van der Waals surface area contributed by atoms with Crippen molar-refractivity contribution in [2.75, 3.05) is 26.4 Å². The maximum absolute atomic E-state index is 5.54. The topological polar surface area (TPSA) is 43.4 Å². The van der Waals surface area contributed by atoms with Gasteiger partial charge in [-0.2, -0.15) is 0 Å². The third-order valence-corrected chi connectivity index (χ3v) is 2.67. The van der Waals surface area contributed by atoms with Gasteiger partial charge in [0.25, 0.3) is 0 Å². The molecule has 1 N–H and O–H groups in total. The van der Waals surface area contributed by atoms with E-state index in [0.717, 1.165) is 25.4 Å². The molecule has 1 saturated heterocycles. The van der Waals surface area contributed by atoms with Gasteiger partial charge in [0.2, 0.25) is 0 Å². The van der Waals surface area contributed by atoms with Crippen molar-refractivity contribution in [2.45, 2.75) is 19.6 Å². The second-order valence-corrected chi connectivity index (χ2v) is 3.97. The molecule has 1 aliphatic rings. The molecular weight excluding hydrogens is 204 g/mol. The first-order chi connectivity index (χ1) is 7.86. The van der Waals surface area contributed by atoms with Crippen molar-refractivity contribution in [3.63, 3.8) is 0 Å². The van der Waals surface area contributed by atoms with Crippen LogP contribution in [0.2, 0.25) is 0 Å². The molecule has 0 spiro atoms. The first-order valence-electron chi connectivity index (χ1n) is 5.67. The van der Waals surface area contributed by atoms with Crippen LogP contribution in [0.5, 0.6) is 0 Å². The molecule has 16 heavy (non-hydrogen) atoms. The molecule has 4 nitrogen and oxygen atoms in total. The van der Waals surface area contributed by atoms with E-state index in [2.05, 4.69) is 23.3 Å². The average Bonchev–Trinajstić information content (AvgIpc) is 2.33. The van der Waals surface area contributed by atoms with Crippen molar-refractivity contribution in [2.24, 2.45) is 0 Å². The summed E-state index contributed by atoms with van der Waals surface area (Å²) in [5.74, 6) is 0. The zero-order valence-corrected chi connectivity index (χ0v) is 9.61. The SMILES string of the molecule is Cc1cccnc1CNCC1COCCO1. The second-order valence-electron chi connectivity index (χ2n) is 3.97. The molecular formula is C12H18N2O2. The number of hydrogen-bond donors (Lipinski definition) is 1. The van der Waals surface area contributed by atoms with Crippen molar-refractivity contribution < 1.29 is 9.47 Å². The van der Waals surface area contributed by atoms with Crippen molar-refractivity contribution in [3.8, 4) is 0 Å². The van der Waals surface area contributed by atoms with Crippen LogP contribution in [-0.2, 0) is 16.0 Å². The molecule has 0 amide bonds. The predicted molar refractivity (Wildman–Crippen MR) is 61.2 cm³/mol. The maximum Gasteiger partial charge on any atom is 0.0933 e. The van der Waals surface area contributed by atoms with Crippen molar-refractivity contribution in [1.29, 1.82) is 0 Å². The fourth-order valence-electron chi connectivity index (χ4n) is 1.71. The Labute approximate surface area is 96.0 Å². The van der Waals surface area contributed by atoms with Gasteiger partial charge in [0.1, 0.15) is 0 Å². The number of nitrogens with one attached hydrogen (secondary N) is 1. The summed E-state index contributed by atoms with van der Waals surface area (Å²) in [6.07, 6.45) is 2.00. The Morgan fingerprint density at radius 3 is 3.19 bits per heavy atom. The Morgan fingerprint density at radius 1 is 1.50 bits per heavy atom. The quantitative estimate of drug-likeness (QED) is 0.822. The largest absolute Gasteiger partial charge is 0.376 e. The van der Waals surface area contributed by atoms with E-state index in [4.69, 9.17) is 9.47 Å². The highest BCUT2D eigenvalue weighted by molar-refractivity contribution is 5.17. The average molecular weight is 222 g/mol. The molecule has 1 aromatic heterocycles. The summed E-state index contributed by atoms with van der Waals surface area (Å²) in [6, 6.07) is 4.03. The maximum atomic E-state index is 5.54. The summed E-state index contributed by atoms with van der Waals surface area (Å²) in [6.45, 7) is 5.78. The van der Waals surface area contributed by atoms with Gasteiger partial charge in [-0.1, -0.05) is 6.07 Å². The van der Waals surface area contributed by atoms with Crippen LogP contribution in [0.1, 0.15) is 11.3 Å². The van der Waals surface area contributed by atoms with E-state index in [1.54, 1.807) is 0 Å². The molecule has 0 bridgehead atoms. The summed E-state index contributed by atoms with van der Waals surface area (Å²) in [5.41, 5.74) is 2.31. The van der Waals surface area contributed by atoms with Gasteiger partial charge in [0.05, 0.1) is 31.6 Å². The van der Waals surface area contributed by atoms with Gasteiger partial charge >= 0.3 is 0 Å². The summed E-state index contributed by atoms with van der Waals surface area (Å²) < 4.78 is 10.9. The van der Waals surface area contributed by atoms with Crippen LogP contribution in [0, 0.1) is 6.92 Å². The van der Waals surface area contributed by atoms with Crippen molar-refractivity contribution >= 4 is 0 Å². The van der Waals surface area contributed by atoms with Gasteiger partial charge in [0.15, 0.2) is 0 Å². The van der Waals surface area contributed by atoms with Gasteiger partial charge in [-0.25, -0.2) is 0 Å². The van der Waals surface area contributed by atoms with Gasteiger partial charge in [-0.3, -0.25) is 4.98 Å². The lowest BCUT2D eigenvalue weighted by atomic mass is 10.2. The molecule has 1 aromatic rings. The number of hydrogen-bond acceptors (Lipinski definition) is 4. The number of pyridine rings is 1. The molecule has 1 fully saturated rings. The number of aryl methyl sites for hydroxylation is 1. The van der Waals surface area contributed by atoms with E-state index in [9.17, 15) is 0 Å². The Bertz CT molecular complexity index is 325. The lowest BCUT2D eigenvalue weighted by Crippen LogP contribution is -2.37. The standard InChI is InChI=1S/C12H18N2O2/c1-10-3-2-4-14-12(10)8-13-7-11-9-15-5-6-16-11/h2-4,11,13H,5-9H2,1H3. The molecule has 1 aliphatic heterocycles. The molecule has 0 aliphatic carbocycles. The summed E-state index contributed by atoms with van der Waals surface area (Å²) in [4.78, 5) is 4.33. The molecule has 0 saturated carbocycles. The molecule has 4 heteroatoms. The third kappa shape index (κ3) is 3.27. The molecule has 2 heterocycles.